The van der Waals surface area contributed by atoms with Crippen LogP contribution in [0.4, 0.5) is 0 Å². The summed E-state index contributed by atoms with van der Waals surface area (Å²) in [4.78, 5) is 11.9. The number of halogens is 1. The first-order chi connectivity index (χ1) is 10.4. The number of carbonyl (C=O) groups is 1. The topological polar surface area (TPSA) is 101 Å². The Bertz CT molecular complexity index is 757. The first kappa shape index (κ1) is 16.2. The molecule has 1 aromatic heterocycles. The van der Waals surface area contributed by atoms with Gasteiger partial charge < -0.3 is 4.42 Å². The van der Waals surface area contributed by atoms with E-state index in [1.165, 1.54) is 42.7 Å². The van der Waals surface area contributed by atoms with Crippen LogP contribution in [0.2, 0.25) is 5.02 Å². The maximum Gasteiger partial charge on any atom is 0.266 e. The van der Waals surface area contributed by atoms with Gasteiger partial charge in [0.15, 0.2) is 6.04 Å². The predicted octanol–water partition coefficient (Wildman–Crippen LogP) is 1.68. The first-order valence-corrected chi connectivity index (χ1v) is 7.87. The Kier molecular flexibility index (Phi) is 4.96. The van der Waals surface area contributed by atoms with E-state index in [4.69, 9.17) is 16.0 Å². The highest BCUT2D eigenvalue weighted by Gasteiger charge is 2.29. The van der Waals surface area contributed by atoms with Gasteiger partial charge in [0.1, 0.15) is 5.76 Å². The molecule has 1 atom stereocenters. The maximum atomic E-state index is 12.3. The second-order valence-electron chi connectivity index (χ2n) is 4.16. The smallest absolute Gasteiger partial charge is 0.266 e. The van der Waals surface area contributed by atoms with E-state index in [-0.39, 0.29) is 10.7 Å². The lowest BCUT2D eigenvalue weighted by atomic mass is 10.2. The van der Waals surface area contributed by atoms with Crippen LogP contribution < -0.4 is 10.1 Å². The first-order valence-electron chi connectivity index (χ1n) is 6.01. The van der Waals surface area contributed by atoms with E-state index in [0.717, 1.165) is 0 Å². The van der Waals surface area contributed by atoms with Crippen molar-refractivity contribution in [3.63, 3.8) is 0 Å². The van der Waals surface area contributed by atoms with Crippen LogP contribution >= 0.6 is 11.6 Å². The van der Waals surface area contributed by atoms with Crippen molar-refractivity contribution in [2.24, 2.45) is 5.10 Å². The van der Waals surface area contributed by atoms with Crippen molar-refractivity contribution in [3.8, 4) is 0 Å². The zero-order valence-electron chi connectivity index (χ0n) is 11.2. The normalized spacial score (nSPS) is 12.6. The van der Waals surface area contributed by atoms with Crippen molar-refractivity contribution >= 4 is 34.2 Å². The fourth-order valence-corrected chi connectivity index (χ4v) is 2.97. The molecule has 0 radical (unpaired) electrons. The number of amides is 1. The number of nitrogens with one attached hydrogen (secondary N) is 2. The number of hydrogen-bond acceptors (Lipinski definition) is 5. The third-order valence-corrected chi connectivity index (χ3v) is 4.37. The van der Waals surface area contributed by atoms with Crippen molar-refractivity contribution in [1.29, 1.82) is 0 Å². The van der Waals surface area contributed by atoms with E-state index >= 15 is 0 Å². The Balaban J connectivity index is 2.31. The number of hydrogen-bond donors (Lipinski definition) is 2. The second-order valence-corrected chi connectivity index (χ2v) is 6.31. The van der Waals surface area contributed by atoms with Gasteiger partial charge >= 0.3 is 0 Å². The minimum Gasteiger partial charge on any atom is -0.467 e. The van der Waals surface area contributed by atoms with Gasteiger partial charge in [-0.2, -0.15) is 9.82 Å². The van der Waals surface area contributed by atoms with Gasteiger partial charge in [-0.1, -0.05) is 11.6 Å². The molecule has 1 amide bonds. The highest BCUT2D eigenvalue weighted by molar-refractivity contribution is 7.89. The number of hydrazone groups is 1. The molecule has 0 aliphatic rings. The van der Waals surface area contributed by atoms with Crippen molar-refractivity contribution in [1.82, 2.24) is 10.1 Å². The summed E-state index contributed by atoms with van der Waals surface area (Å²) in [6.07, 6.45) is 1.33. The molecular weight excluding hydrogens is 330 g/mol. The number of benzene rings is 1. The quantitative estimate of drug-likeness (QED) is 0.616. The van der Waals surface area contributed by atoms with Crippen LogP contribution in [-0.2, 0) is 14.8 Å². The van der Waals surface area contributed by atoms with Crippen molar-refractivity contribution in [3.05, 3.63) is 53.4 Å². The molecule has 2 rings (SSSR count). The molecule has 0 fully saturated rings. The Morgan fingerprint density at radius 1 is 1.27 bits per heavy atom. The van der Waals surface area contributed by atoms with Crippen LogP contribution in [0.3, 0.4) is 0 Å². The molecule has 0 aliphatic heterocycles. The van der Waals surface area contributed by atoms with Crippen LogP contribution in [0.15, 0.2) is 57.1 Å². The summed E-state index contributed by atoms with van der Waals surface area (Å²) >= 11 is 5.73. The molecule has 0 bridgehead atoms. The molecule has 1 heterocycles. The van der Waals surface area contributed by atoms with Gasteiger partial charge in [-0.25, -0.2) is 13.8 Å². The fourth-order valence-electron chi connectivity index (χ4n) is 1.68. The van der Waals surface area contributed by atoms with Crippen LogP contribution in [0.5, 0.6) is 0 Å². The van der Waals surface area contributed by atoms with Crippen molar-refractivity contribution < 1.29 is 17.6 Å². The van der Waals surface area contributed by atoms with Gasteiger partial charge in [0, 0.05) is 11.7 Å². The Morgan fingerprint density at radius 2 is 1.95 bits per heavy atom. The van der Waals surface area contributed by atoms with E-state index in [9.17, 15) is 13.2 Å². The molecule has 7 nitrogen and oxygen atoms in total. The third kappa shape index (κ3) is 3.73. The minimum absolute atomic E-state index is 0.0344. The summed E-state index contributed by atoms with van der Waals surface area (Å²) in [5.41, 5.74) is 2.08. The summed E-state index contributed by atoms with van der Waals surface area (Å²) in [6.45, 7) is 3.12. The standard InChI is InChI=1S/C13H12ClN3O4S/c1-15-16-13(18)12(11-3-2-8-21-11)17-22(19,20)10-6-4-9(14)5-7-10/h2-8,12,17H,1H2,(H,16,18). The lowest BCUT2D eigenvalue weighted by Crippen LogP contribution is -2.38. The molecule has 0 spiro atoms. The lowest BCUT2D eigenvalue weighted by molar-refractivity contribution is -0.123. The summed E-state index contributed by atoms with van der Waals surface area (Å²) in [5.74, 6) is -0.596. The highest BCUT2D eigenvalue weighted by atomic mass is 35.5. The predicted molar refractivity (Wildman–Crippen MR) is 80.9 cm³/mol. The van der Waals surface area contributed by atoms with E-state index in [0.29, 0.717) is 5.02 Å². The number of sulfonamides is 1. The SMILES string of the molecule is C=NNC(=O)C(NS(=O)(=O)c1ccc(Cl)cc1)c1ccco1. The third-order valence-electron chi connectivity index (χ3n) is 2.68. The molecule has 2 aromatic rings. The van der Waals surface area contributed by atoms with E-state index in [1.807, 2.05) is 0 Å². The van der Waals surface area contributed by atoms with Crippen LogP contribution in [0.25, 0.3) is 0 Å². The van der Waals surface area contributed by atoms with E-state index < -0.39 is 22.0 Å². The molecule has 0 saturated carbocycles. The van der Waals surface area contributed by atoms with Crippen molar-refractivity contribution in [2.45, 2.75) is 10.9 Å². The van der Waals surface area contributed by atoms with Gasteiger partial charge in [0.05, 0.1) is 11.2 Å². The Hall–Kier alpha value is -2.16. The fraction of sp³-hybridized carbons (Fsp3) is 0.0769. The zero-order chi connectivity index (χ0) is 16.2. The van der Waals surface area contributed by atoms with Crippen molar-refractivity contribution in [2.75, 3.05) is 0 Å². The van der Waals surface area contributed by atoms with Crippen LogP contribution in [0.1, 0.15) is 11.8 Å². The minimum atomic E-state index is -3.96. The number of nitrogens with zero attached hydrogens (tertiary/aromatic N) is 1. The van der Waals surface area contributed by atoms with Gasteiger partial charge in [-0.3, -0.25) is 4.79 Å². The maximum absolute atomic E-state index is 12.3. The Labute approximate surface area is 132 Å². The van der Waals surface area contributed by atoms with Crippen LogP contribution in [-0.4, -0.2) is 21.0 Å². The average molecular weight is 342 g/mol. The summed E-state index contributed by atoms with van der Waals surface area (Å²) in [5, 5.41) is 3.64. The highest BCUT2D eigenvalue weighted by Crippen LogP contribution is 2.19. The molecule has 0 saturated heterocycles. The second kappa shape index (κ2) is 6.73. The molecule has 1 unspecified atom stereocenters. The number of rotatable bonds is 6. The molecule has 2 N–H and O–H groups in total. The molecule has 22 heavy (non-hydrogen) atoms. The average Bonchev–Trinajstić information content (AvgIpc) is 2.99. The molecule has 1 aromatic carbocycles. The van der Waals surface area contributed by atoms with E-state index in [2.05, 4.69) is 22.0 Å². The monoisotopic (exact) mass is 341 g/mol. The summed E-state index contributed by atoms with van der Waals surface area (Å²) < 4.78 is 32.0. The van der Waals surface area contributed by atoms with Crippen LogP contribution in [0, 0.1) is 0 Å². The largest absolute Gasteiger partial charge is 0.467 e. The van der Waals surface area contributed by atoms with E-state index in [1.54, 1.807) is 0 Å². The summed E-state index contributed by atoms with van der Waals surface area (Å²) in [6, 6.07) is 7.25. The molecule has 116 valence electrons. The van der Waals surface area contributed by atoms with Gasteiger partial charge in [-0.15, -0.1) is 0 Å². The molecular formula is C13H12ClN3O4S. The van der Waals surface area contributed by atoms with Gasteiger partial charge in [0.25, 0.3) is 5.91 Å². The van der Waals surface area contributed by atoms with Gasteiger partial charge in [-0.05, 0) is 36.4 Å². The lowest BCUT2D eigenvalue weighted by Gasteiger charge is -2.15. The summed E-state index contributed by atoms with van der Waals surface area (Å²) in [7, 11) is -3.96. The number of carbonyl (C=O) groups excluding carboxylic acids is 1. The zero-order valence-corrected chi connectivity index (χ0v) is 12.8. The number of furan rings is 1. The Morgan fingerprint density at radius 3 is 2.50 bits per heavy atom. The van der Waals surface area contributed by atoms with Gasteiger partial charge in [0.2, 0.25) is 10.0 Å². The molecule has 0 aliphatic carbocycles. The molecule has 9 heteroatoms.